The first-order valence-electron chi connectivity index (χ1n) is 9.84. The predicted octanol–water partition coefficient (Wildman–Crippen LogP) is 3.18. The highest BCUT2D eigenvalue weighted by atomic mass is 16.5. The van der Waals surface area contributed by atoms with E-state index in [0.29, 0.717) is 6.04 Å². The molecule has 5 rings (SSSR count). The number of esters is 1. The molecule has 1 aliphatic carbocycles. The summed E-state index contributed by atoms with van der Waals surface area (Å²) in [7, 11) is 1.55. The van der Waals surface area contributed by atoms with E-state index in [0.717, 1.165) is 25.8 Å². The largest absolute Gasteiger partial charge is 0.469 e. The minimum atomic E-state index is -0.0494. The molecule has 3 fully saturated rings. The summed E-state index contributed by atoms with van der Waals surface area (Å²) in [6.45, 7) is 4.71. The standard InChI is InChI=1S/C21H28N2O2/c1-3-20-9-6-11-23-12-10-21(19(20)23)15-7-4-5-8-16(15)22-17(21)14(13-20)18(24)25-2/h4-5,7-8,14,17,19,22H,3,6,9-13H2,1-2H3/t14-,17-,19-,20-,21-/m0/s1. The average Bonchev–Trinajstić information content (AvgIpc) is 3.21. The van der Waals surface area contributed by atoms with Crippen LogP contribution in [0.4, 0.5) is 5.69 Å². The second-order valence-electron chi connectivity index (χ2n) is 8.55. The molecule has 0 aromatic heterocycles. The first kappa shape index (κ1) is 15.7. The molecule has 134 valence electrons. The van der Waals surface area contributed by atoms with Gasteiger partial charge in [-0.05, 0) is 62.2 Å². The van der Waals surface area contributed by atoms with E-state index in [1.807, 2.05) is 0 Å². The summed E-state index contributed by atoms with van der Waals surface area (Å²) in [5.41, 5.74) is 2.98. The Labute approximate surface area is 149 Å². The van der Waals surface area contributed by atoms with Crippen molar-refractivity contribution in [2.45, 2.75) is 56.5 Å². The molecule has 0 amide bonds. The SMILES string of the molecule is CC[C@]12CCCN3CC[C@@]4(c5ccccc5N[C@H]4[C@@H](C(=O)OC)C1)[C@@H]32. The highest BCUT2D eigenvalue weighted by Crippen LogP contribution is 2.65. The van der Waals surface area contributed by atoms with Crippen molar-refractivity contribution in [3.8, 4) is 0 Å². The first-order chi connectivity index (χ1) is 12.2. The van der Waals surface area contributed by atoms with Crippen molar-refractivity contribution in [2.75, 3.05) is 25.5 Å². The number of methoxy groups -OCH3 is 1. The molecule has 3 aliphatic heterocycles. The lowest BCUT2D eigenvalue weighted by molar-refractivity contribution is -0.153. The summed E-state index contributed by atoms with van der Waals surface area (Å²) in [5, 5.41) is 3.77. The van der Waals surface area contributed by atoms with E-state index < -0.39 is 0 Å². The van der Waals surface area contributed by atoms with Crippen molar-refractivity contribution in [3.63, 3.8) is 0 Å². The molecule has 5 atom stereocenters. The molecule has 3 heterocycles. The fourth-order valence-corrected chi connectivity index (χ4v) is 7.07. The van der Waals surface area contributed by atoms with Gasteiger partial charge in [-0.2, -0.15) is 0 Å². The van der Waals surface area contributed by atoms with Crippen molar-refractivity contribution in [1.82, 2.24) is 4.90 Å². The average molecular weight is 340 g/mol. The van der Waals surface area contributed by atoms with Crippen LogP contribution in [0.15, 0.2) is 24.3 Å². The maximum absolute atomic E-state index is 12.8. The molecule has 1 N–H and O–H groups in total. The van der Waals surface area contributed by atoms with Gasteiger partial charge in [0.05, 0.1) is 19.1 Å². The second kappa shape index (κ2) is 5.23. The fourth-order valence-electron chi connectivity index (χ4n) is 7.07. The Kier molecular flexibility index (Phi) is 3.28. The number of para-hydroxylation sites is 1. The van der Waals surface area contributed by atoms with Crippen molar-refractivity contribution >= 4 is 11.7 Å². The van der Waals surface area contributed by atoms with Gasteiger partial charge in [-0.3, -0.25) is 9.69 Å². The lowest BCUT2D eigenvalue weighted by Gasteiger charge is -2.59. The molecule has 4 heteroatoms. The second-order valence-corrected chi connectivity index (χ2v) is 8.55. The lowest BCUT2D eigenvalue weighted by Crippen LogP contribution is -2.67. The van der Waals surface area contributed by atoms with Crippen LogP contribution in [0, 0.1) is 11.3 Å². The summed E-state index contributed by atoms with van der Waals surface area (Å²) < 4.78 is 5.28. The maximum atomic E-state index is 12.8. The molecule has 1 saturated carbocycles. The molecule has 0 bridgehead atoms. The van der Waals surface area contributed by atoms with E-state index in [2.05, 4.69) is 41.4 Å². The molecule has 1 aromatic carbocycles. The van der Waals surface area contributed by atoms with E-state index in [1.54, 1.807) is 7.11 Å². The number of hydrogen-bond donors (Lipinski definition) is 1. The monoisotopic (exact) mass is 340 g/mol. The van der Waals surface area contributed by atoms with E-state index >= 15 is 0 Å². The lowest BCUT2D eigenvalue weighted by atomic mass is 9.49. The Morgan fingerprint density at radius 2 is 2.16 bits per heavy atom. The van der Waals surface area contributed by atoms with Gasteiger partial charge in [0, 0.05) is 17.1 Å². The summed E-state index contributed by atoms with van der Waals surface area (Å²) in [6.07, 6.45) is 5.77. The number of nitrogens with one attached hydrogen (secondary N) is 1. The van der Waals surface area contributed by atoms with Crippen LogP contribution in [0.2, 0.25) is 0 Å². The van der Waals surface area contributed by atoms with Crippen LogP contribution in [0.1, 0.15) is 44.6 Å². The Morgan fingerprint density at radius 3 is 2.96 bits per heavy atom. The topological polar surface area (TPSA) is 41.6 Å². The molecule has 25 heavy (non-hydrogen) atoms. The molecular weight excluding hydrogens is 312 g/mol. The maximum Gasteiger partial charge on any atom is 0.310 e. The Morgan fingerprint density at radius 1 is 1.32 bits per heavy atom. The van der Waals surface area contributed by atoms with Gasteiger partial charge in [-0.25, -0.2) is 0 Å². The number of fused-ring (bicyclic) bond motifs is 1. The van der Waals surface area contributed by atoms with Crippen LogP contribution in [0.25, 0.3) is 0 Å². The van der Waals surface area contributed by atoms with Crippen LogP contribution in [0.3, 0.4) is 0 Å². The third-order valence-corrected chi connectivity index (χ3v) is 7.90. The quantitative estimate of drug-likeness (QED) is 0.840. The van der Waals surface area contributed by atoms with Crippen LogP contribution >= 0.6 is 0 Å². The van der Waals surface area contributed by atoms with Gasteiger partial charge in [0.1, 0.15) is 0 Å². The highest BCUT2D eigenvalue weighted by molar-refractivity contribution is 5.78. The number of rotatable bonds is 2. The highest BCUT2D eigenvalue weighted by Gasteiger charge is 2.69. The Balaban J connectivity index is 1.73. The number of nitrogens with zero attached hydrogens (tertiary/aromatic N) is 1. The van der Waals surface area contributed by atoms with Gasteiger partial charge in [0.25, 0.3) is 0 Å². The van der Waals surface area contributed by atoms with Gasteiger partial charge in [-0.15, -0.1) is 0 Å². The van der Waals surface area contributed by atoms with E-state index in [-0.39, 0.29) is 28.8 Å². The molecule has 1 aromatic rings. The minimum Gasteiger partial charge on any atom is -0.469 e. The molecule has 2 saturated heterocycles. The third kappa shape index (κ3) is 1.79. The van der Waals surface area contributed by atoms with E-state index in [1.165, 1.54) is 30.6 Å². The number of carbonyl (C=O) groups is 1. The van der Waals surface area contributed by atoms with Gasteiger partial charge in [0.15, 0.2) is 0 Å². The summed E-state index contributed by atoms with van der Waals surface area (Å²) >= 11 is 0. The third-order valence-electron chi connectivity index (χ3n) is 7.90. The van der Waals surface area contributed by atoms with Crippen LogP contribution in [0.5, 0.6) is 0 Å². The first-order valence-corrected chi connectivity index (χ1v) is 9.84. The van der Waals surface area contributed by atoms with Gasteiger partial charge >= 0.3 is 5.97 Å². The normalized spacial score (nSPS) is 41.4. The zero-order chi connectivity index (χ0) is 17.2. The van der Waals surface area contributed by atoms with Gasteiger partial charge in [-0.1, -0.05) is 25.1 Å². The minimum absolute atomic E-state index is 0.0278. The molecule has 1 spiro atoms. The molecule has 4 nitrogen and oxygen atoms in total. The molecule has 4 aliphatic rings. The van der Waals surface area contributed by atoms with E-state index in [4.69, 9.17) is 4.74 Å². The van der Waals surface area contributed by atoms with Crippen LogP contribution < -0.4 is 5.32 Å². The van der Waals surface area contributed by atoms with Gasteiger partial charge in [0.2, 0.25) is 0 Å². The Hall–Kier alpha value is -1.55. The van der Waals surface area contributed by atoms with Crippen molar-refractivity contribution in [1.29, 1.82) is 0 Å². The zero-order valence-corrected chi connectivity index (χ0v) is 15.3. The van der Waals surface area contributed by atoms with Gasteiger partial charge < -0.3 is 10.1 Å². The van der Waals surface area contributed by atoms with Crippen molar-refractivity contribution < 1.29 is 9.53 Å². The number of anilines is 1. The predicted molar refractivity (Wildman–Crippen MR) is 97.6 cm³/mol. The van der Waals surface area contributed by atoms with Crippen molar-refractivity contribution in [2.24, 2.45) is 11.3 Å². The number of piperidine rings is 1. The Bertz CT molecular complexity index is 720. The van der Waals surface area contributed by atoms with Crippen molar-refractivity contribution in [3.05, 3.63) is 29.8 Å². The fraction of sp³-hybridized carbons (Fsp3) is 0.667. The summed E-state index contributed by atoms with van der Waals surface area (Å²) in [6, 6.07) is 9.49. The number of hydrogen-bond acceptors (Lipinski definition) is 4. The zero-order valence-electron chi connectivity index (χ0n) is 15.3. The number of benzene rings is 1. The summed E-state index contributed by atoms with van der Waals surface area (Å²) in [5.74, 6) is -0.0772. The number of ether oxygens (including phenoxy) is 1. The van der Waals surface area contributed by atoms with Crippen LogP contribution in [-0.4, -0.2) is 43.2 Å². The van der Waals surface area contributed by atoms with Crippen LogP contribution in [-0.2, 0) is 14.9 Å². The molecular formula is C21H28N2O2. The summed E-state index contributed by atoms with van der Waals surface area (Å²) in [4.78, 5) is 15.5. The number of carbonyl (C=O) groups excluding carboxylic acids is 1. The smallest absolute Gasteiger partial charge is 0.310 e. The molecule has 0 unspecified atom stereocenters. The molecule has 0 radical (unpaired) electrons. The van der Waals surface area contributed by atoms with E-state index in [9.17, 15) is 4.79 Å².